The summed E-state index contributed by atoms with van der Waals surface area (Å²) in [4.78, 5) is 51.9. The molecule has 3 amide bonds. The maximum absolute atomic E-state index is 13.5. The maximum atomic E-state index is 13.5. The van der Waals surface area contributed by atoms with Crippen molar-refractivity contribution < 1.29 is 37.5 Å². The van der Waals surface area contributed by atoms with E-state index in [1.165, 1.54) is 4.90 Å². The number of halogens is 3. The summed E-state index contributed by atoms with van der Waals surface area (Å²) >= 11 is 0. The van der Waals surface area contributed by atoms with Gasteiger partial charge in [-0.05, 0) is 45.2 Å². The number of hydrogen-bond donors (Lipinski definition) is 3. The van der Waals surface area contributed by atoms with E-state index < -0.39 is 53.4 Å². The van der Waals surface area contributed by atoms with Gasteiger partial charge < -0.3 is 25.5 Å². The Morgan fingerprint density at radius 3 is 2.44 bits per heavy atom. The van der Waals surface area contributed by atoms with Crippen LogP contribution in [0.5, 0.6) is 0 Å². The van der Waals surface area contributed by atoms with E-state index >= 15 is 0 Å². The number of aliphatic carboxylic acids is 1. The Balaban J connectivity index is 1.78. The Morgan fingerprint density at radius 1 is 1.22 bits per heavy atom. The molecule has 3 N–H and O–H groups in total. The van der Waals surface area contributed by atoms with Crippen LogP contribution < -0.4 is 10.6 Å². The first-order valence-corrected chi connectivity index (χ1v) is 11.8. The highest BCUT2D eigenvalue weighted by atomic mass is 19.4. The van der Waals surface area contributed by atoms with Gasteiger partial charge in [0.05, 0.1) is 12.0 Å². The van der Waals surface area contributed by atoms with Crippen LogP contribution in [0.4, 0.5) is 13.2 Å². The van der Waals surface area contributed by atoms with Gasteiger partial charge in [0.2, 0.25) is 11.8 Å². The summed E-state index contributed by atoms with van der Waals surface area (Å²) < 4.78 is 40.1. The van der Waals surface area contributed by atoms with Crippen LogP contribution >= 0.6 is 0 Å². The molecule has 0 aromatic heterocycles. The van der Waals surface area contributed by atoms with Gasteiger partial charge in [-0.2, -0.15) is 13.2 Å². The van der Waals surface area contributed by atoms with Crippen LogP contribution in [0.25, 0.3) is 0 Å². The fourth-order valence-electron chi connectivity index (χ4n) is 4.62. The molecule has 0 unspecified atom stereocenters. The second kappa shape index (κ2) is 10.9. The van der Waals surface area contributed by atoms with E-state index in [4.69, 9.17) is 0 Å². The Hall–Kier alpha value is -3.15. The largest absolute Gasteiger partial charge is 0.481 e. The van der Waals surface area contributed by atoms with E-state index in [0.29, 0.717) is 17.7 Å². The number of likely N-dealkylation sites (tertiary alicyclic amines) is 1. The zero-order valence-electron chi connectivity index (χ0n) is 20.2. The lowest BCUT2D eigenvalue weighted by molar-refractivity contribution is -0.186. The fraction of sp³-hybridized carbons (Fsp3) is 0.583. The molecule has 36 heavy (non-hydrogen) atoms. The molecule has 198 valence electrons. The number of likely N-dealkylation sites (N-methyl/N-ethyl adjacent to an activating group) is 1. The second-order valence-electron chi connectivity index (χ2n) is 9.35. The SMILES string of the molecule is CN[C@@H](C)C(=O)N[C@]1(C(=O)N2CCC[C@H]2CN(CCc2ccccc2)C(=O)C(F)(F)F)C[C@H]1C(=O)O. The molecule has 1 aromatic rings. The van der Waals surface area contributed by atoms with Crippen molar-refractivity contribution in [2.24, 2.45) is 5.92 Å². The molecule has 1 saturated carbocycles. The molecule has 1 aliphatic carbocycles. The average Bonchev–Trinajstić information content (AvgIpc) is 3.40. The topological polar surface area (TPSA) is 119 Å². The van der Waals surface area contributed by atoms with Crippen LogP contribution in [0.15, 0.2) is 30.3 Å². The van der Waals surface area contributed by atoms with E-state index in [0.717, 1.165) is 5.56 Å². The number of rotatable bonds is 10. The molecular formula is C24H31F3N4O5. The number of alkyl halides is 3. The summed E-state index contributed by atoms with van der Waals surface area (Å²) in [6.45, 7) is 1.21. The van der Waals surface area contributed by atoms with Gasteiger partial charge in [-0.1, -0.05) is 30.3 Å². The Labute approximate surface area is 207 Å². The number of benzene rings is 1. The lowest BCUT2D eigenvalue weighted by Gasteiger charge is -2.34. The van der Waals surface area contributed by atoms with Crippen molar-refractivity contribution in [2.75, 3.05) is 26.7 Å². The number of carboxylic acids is 1. The quantitative estimate of drug-likeness (QED) is 0.433. The molecule has 2 aliphatic rings. The van der Waals surface area contributed by atoms with Crippen molar-refractivity contribution in [2.45, 2.75) is 56.4 Å². The first-order chi connectivity index (χ1) is 16.9. The molecule has 4 atom stereocenters. The monoisotopic (exact) mass is 512 g/mol. The predicted molar refractivity (Wildman–Crippen MR) is 123 cm³/mol. The van der Waals surface area contributed by atoms with Crippen molar-refractivity contribution in [1.82, 2.24) is 20.4 Å². The third kappa shape index (κ3) is 5.97. The second-order valence-corrected chi connectivity index (χ2v) is 9.35. The predicted octanol–water partition coefficient (Wildman–Crippen LogP) is 1.18. The van der Waals surface area contributed by atoms with Gasteiger partial charge in [-0.25, -0.2) is 0 Å². The number of hydrogen-bond acceptors (Lipinski definition) is 5. The normalized spacial score (nSPS) is 24.2. The van der Waals surface area contributed by atoms with Gasteiger partial charge in [0, 0.05) is 25.7 Å². The first-order valence-electron chi connectivity index (χ1n) is 11.8. The molecule has 1 aromatic carbocycles. The standard InChI is InChI=1S/C24H31F3N4O5/c1-15(28-2)19(32)29-23(13-18(23)20(33)34)21(35)31-11-6-9-17(31)14-30(22(36)24(25,26)27)12-10-16-7-4-3-5-8-16/h3-5,7-8,15,17-18,28H,6,9-14H2,1-2H3,(H,29,32)(H,33,34)/t15-,17-,18-,23+/m0/s1. The molecule has 0 bridgehead atoms. The van der Waals surface area contributed by atoms with Crippen LogP contribution in [-0.2, 0) is 25.6 Å². The van der Waals surface area contributed by atoms with Crippen LogP contribution in [0.1, 0.15) is 31.7 Å². The van der Waals surface area contributed by atoms with Gasteiger partial charge in [0.1, 0.15) is 5.54 Å². The number of carbonyl (C=O) groups is 4. The third-order valence-corrected chi connectivity index (χ3v) is 6.93. The molecule has 0 spiro atoms. The van der Waals surface area contributed by atoms with Crippen molar-refractivity contribution >= 4 is 23.7 Å². The minimum absolute atomic E-state index is 0.105. The summed E-state index contributed by atoms with van der Waals surface area (Å²) in [6.07, 6.45) is -4.14. The summed E-state index contributed by atoms with van der Waals surface area (Å²) in [5, 5.41) is 14.8. The lowest BCUT2D eigenvalue weighted by Crippen LogP contribution is -2.58. The summed E-state index contributed by atoms with van der Waals surface area (Å²) in [5.74, 6) is -5.56. The van der Waals surface area contributed by atoms with Crippen molar-refractivity contribution in [3.05, 3.63) is 35.9 Å². The van der Waals surface area contributed by atoms with Crippen molar-refractivity contribution in [1.29, 1.82) is 0 Å². The van der Waals surface area contributed by atoms with Crippen LogP contribution in [-0.4, -0.2) is 89.1 Å². The van der Waals surface area contributed by atoms with Gasteiger partial charge in [0.15, 0.2) is 0 Å². The van der Waals surface area contributed by atoms with Crippen LogP contribution in [0.3, 0.4) is 0 Å². The Kier molecular flexibility index (Phi) is 8.27. The lowest BCUT2D eigenvalue weighted by atomic mass is 10.1. The first kappa shape index (κ1) is 27.4. The molecular weight excluding hydrogens is 481 g/mol. The number of amides is 3. The highest BCUT2D eigenvalue weighted by Crippen LogP contribution is 2.46. The smallest absolute Gasteiger partial charge is 0.471 e. The summed E-state index contributed by atoms with van der Waals surface area (Å²) in [6, 6.07) is 7.36. The Bertz CT molecular complexity index is 990. The van der Waals surface area contributed by atoms with Crippen molar-refractivity contribution in [3.63, 3.8) is 0 Å². The number of nitrogens with one attached hydrogen (secondary N) is 2. The molecule has 1 aliphatic heterocycles. The molecule has 1 saturated heterocycles. The third-order valence-electron chi connectivity index (χ3n) is 6.93. The number of carbonyl (C=O) groups excluding carboxylic acids is 3. The minimum atomic E-state index is -5.08. The molecule has 2 fully saturated rings. The zero-order valence-corrected chi connectivity index (χ0v) is 20.2. The van der Waals surface area contributed by atoms with Gasteiger partial charge in [0.25, 0.3) is 0 Å². The molecule has 9 nitrogen and oxygen atoms in total. The maximum Gasteiger partial charge on any atom is 0.471 e. The molecule has 12 heteroatoms. The van der Waals surface area contributed by atoms with E-state index in [1.807, 2.05) is 0 Å². The fourth-order valence-corrected chi connectivity index (χ4v) is 4.62. The van der Waals surface area contributed by atoms with E-state index in [9.17, 15) is 37.5 Å². The number of nitrogens with zero attached hydrogens (tertiary/aromatic N) is 2. The highest BCUT2D eigenvalue weighted by molar-refractivity contribution is 6.01. The molecule has 0 radical (unpaired) electrons. The van der Waals surface area contributed by atoms with E-state index in [2.05, 4.69) is 10.6 Å². The van der Waals surface area contributed by atoms with Crippen LogP contribution in [0, 0.1) is 5.92 Å². The van der Waals surface area contributed by atoms with Gasteiger partial charge in [-0.15, -0.1) is 0 Å². The van der Waals surface area contributed by atoms with Gasteiger partial charge in [-0.3, -0.25) is 19.2 Å². The minimum Gasteiger partial charge on any atom is -0.481 e. The summed E-state index contributed by atoms with van der Waals surface area (Å²) in [7, 11) is 1.54. The van der Waals surface area contributed by atoms with E-state index in [1.54, 1.807) is 44.3 Å². The van der Waals surface area contributed by atoms with E-state index in [-0.39, 0.29) is 32.5 Å². The van der Waals surface area contributed by atoms with Gasteiger partial charge >= 0.3 is 18.1 Å². The summed E-state index contributed by atoms with van der Waals surface area (Å²) in [5.41, 5.74) is -0.890. The van der Waals surface area contributed by atoms with Crippen molar-refractivity contribution in [3.8, 4) is 0 Å². The highest BCUT2D eigenvalue weighted by Gasteiger charge is 2.67. The average molecular weight is 513 g/mol. The number of carboxylic acid groups (broad SMARTS) is 1. The molecule has 1 heterocycles. The molecule has 3 rings (SSSR count). The zero-order chi connectivity index (χ0) is 26.7. The Morgan fingerprint density at radius 2 is 1.89 bits per heavy atom. The van der Waals surface area contributed by atoms with Crippen LogP contribution in [0.2, 0.25) is 0 Å².